The summed E-state index contributed by atoms with van der Waals surface area (Å²) in [5, 5.41) is 39.8. The van der Waals surface area contributed by atoms with Crippen LogP contribution in [-0.4, -0.2) is 34.3 Å². The molecule has 4 heterocycles. The van der Waals surface area contributed by atoms with Gasteiger partial charge in [-0.15, -0.1) is 45.3 Å². The van der Waals surface area contributed by atoms with Gasteiger partial charge >= 0.3 is 14.2 Å². The molecule has 0 atom stereocenters. The minimum atomic E-state index is -1.46. The molecule has 0 aliphatic rings. The maximum Gasteiger partial charge on any atom is 0.499 e. The predicted octanol–water partition coefficient (Wildman–Crippen LogP) is 1.29. The smallest absolute Gasteiger partial charge is 0.423 e. The minimum Gasteiger partial charge on any atom is -0.423 e. The molecular formula is C12H10B2O4S4. The van der Waals surface area contributed by atoms with E-state index < -0.39 is 14.2 Å². The van der Waals surface area contributed by atoms with Crippen molar-refractivity contribution < 1.29 is 20.1 Å². The summed E-state index contributed by atoms with van der Waals surface area (Å²) in [4.78, 5) is 0. The third-order valence-electron chi connectivity index (χ3n) is 2.83. The van der Waals surface area contributed by atoms with Gasteiger partial charge in [0.25, 0.3) is 0 Å². The molecule has 10 heteroatoms. The van der Waals surface area contributed by atoms with Gasteiger partial charge in [-0.25, -0.2) is 0 Å². The van der Waals surface area contributed by atoms with Crippen LogP contribution in [0.5, 0.6) is 0 Å². The summed E-state index contributed by atoms with van der Waals surface area (Å²) in [6, 6.07) is 7.60. The third kappa shape index (κ3) is 3.44. The van der Waals surface area contributed by atoms with E-state index in [-0.39, 0.29) is 0 Å². The topological polar surface area (TPSA) is 80.9 Å². The second kappa shape index (κ2) is 6.81. The van der Waals surface area contributed by atoms with E-state index in [4.69, 9.17) is 20.1 Å². The van der Waals surface area contributed by atoms with Gasteiger partial charge in [0, 0.05) is 28.4 Å². The van der Waals surface area contributed by atoms with E-state index in [1.165, 1.54) is 32.1 Å². The Morgan fingerprint density at radius 2 is 1.05 bits per heavy atom. The molecule has 0 spiro atoms. The Balaban J connectivity index is 0.000000151. The fourth-order valence-electron chi connectivity index (χ4n) is 1.82. The Bertz CT molecular complexity index is 756. The minimum absolute atomic E-state index is 0.463. The largest absolute Gasteiger partial charge is 0.499 e. The van der Waals surface area contributed by atoms with Gasteiger partial charge in [0.15, 0.2) is 0 Å². The lowest BCUT2D eigenvalue weighted by molar-refractivity contribution is 0.425. The number of hydrogen-bond acceptors (Lipinski definition) is 8. The first-order valence-corrected chi connectivity index (χ1v) is 9.60. The van der Waals surface area contributed by atoms with Crippen LogP contribution in [-0.2, 0) is 0 Å². The molecule has 0 bridgehead atoms. The number of fused-ring (bicyclic) bond motifs is 2. The predicted molar refractivity (Wildman–Crippen MR) is 99.1 cm³/mol. The van der Waals surface area contributed by atoms with Crippen molar-refractivity contribution in [2.45, 2.75) is 0 Å². The average Bonchev–Trinajstić information content (AvgIpc) is 3.18. The molecule has 0 saturated carbocycles. The van der Waals surface area contributed by atoms with Crippen molar-refractivity contribution in [1.29, 1.82) is 0 Å². The Morgan fingerprint density at radius 1 is 0.636 bits per heavy atom. The monoisotopic (exact) mass is 368 g/mol. The average molecular weight is 368 g/mol. The lowest BCUT2D eigenvalue weighted by Gasteiger charge is -1.91. The molecule has 4 aromatic heterocycles. The van der Waals surface area contributed by atoms with Crippen LogP contribution in [0.4, 0.5) is 0 Å². The molecule has 4 aromatic rings. The Kier molecular flexibility index (Phi) is 5.00. The van der Waals surface area contributed by atoms with Crippen molar-refractivity contribution in [1.82, 2.24) is 0 Å². The van der Waals surface area contributed by atoms with Gasteiger partial charge in [0.1, 0.15) is 0 Å². The van der Waals surface area contributed by atoms with Crippen molar-refractivity contribution in [3.05, 3.63) is 35.0 Å². The lowest BCUT2D eigenvalue weighted by Crippen LogP contribution is -2.27. The van der Waals surface area contributed by atoms with Gasteiger partial charge in [-0.1, -0.05) is 0 Å². The molecule has 0 aliphatic heterocycles. The summed E-state index contributed by atoms with van der Waals surface area (Å²) in [5.41, 5.74) is 0. The molecular weight excluding hydrogens is 358 g/mol. The molecule has 112 valence electrons. The highest BCUT2D eigenvalue weighted by molar-refractivity contribution is 7.36. The Morgan fingerprint density at radius 3 is 1.41 bits per heavy atom. The molecule has 0 amide bonds. The van der Waals surface area contributed by atoms with Crippen molar-refractivity contribution in [3.8, 4) is 0 Å². The summed E-state index contributed by atoms with van der Waals surface area (Å²) in [5.74, 6) is 0. The lowest BCUT2D eigenvalue weighted by atomic mass is 9.89. The van der Waals surface area contributed by atoms with Gasteiger partial charge in [0.2, 0.25) is 0 Å². The van der Waals surface area contributed by atoms with E-state index in [2.05, 4.69) is 22.9 Å². The summed E-state index contributed by atoms with van der Waals surface area (Å²) in [7, 11) is -2.91. The highest BCUT2D eigenvalue weighted by atomic mass is 32.1. The number of hydrogen-bond donors (Lipinski definition) is 4. The first-order valence-electron chi connectivity index (χ1n) is 6.21. The summed E-state index contributed by atoms with van der Waals surface area (Å²) in [6.45, 7) is 0. The Labute approximate surface area is 142 Å². The zero-order valence-electron chi connectivity index (χ0n) is 11.0. The molecule has 4 nitrogen and oxygen atoms in total. The first kappa shape index (κ1) is 16.2. The third-order valence-corrected chi connectivity index (χ3v) is 7.09. The molecule has 4 rings (SSSR count). The van der Waals surface area contributed by atoms with E-state index >= 15 is 0 Å². The normalized spacial score (nSPS) is 10.7. The number of rotatable bonds is 2. The van der Waals surface area contributed by atoms with Crippen LogP contribution in [0, 0.1) is 0 Å². The fourth-order valence-corrected chi connectivity index (χ4v) is 5.81. The SMILES string of the molecule is OB(O)c1cc2sc(B(O)O)cc2s1.c1cc2sccc2s1. The molecule has 4 N–H and O–H groups in total. The van der Waals surface area contributed by atoms with Gasteiger partial charge in [-0.3, -0.25) is 0 Å². The van der Waals surface area contributed by atoms with Crippen LogP contribution in [0.2, 0.25) is 0 Å². The molecule has 0 unspecified atom stereocenters. The first-order chi connectivity index (χ1) is 10.5. The van der Waals surface area contributed by atoms with Crippen LogP contribution in [0.25, 0.3) is 18.8 Å². The van der Waals surface area contributed by atoms with Gasteiger partial charge in [0.05, 0.1) is 0 Å². The quantitative estimate of drug-likeness (QED) is 0.402. The molecule has 0 aliphatic carbocycles. The van der Waals surface area contributed by atoms with Crippen molar-refractivity contribution in [2.24, 2.45) is 0 Å². The standard InChI is InChI=1S/C6H6B2O4S2.C6H4S2/c9-7(10)5-1-3-4(14-5)2-6(13-3)8(11)12;1-3-7-6-2-4-8-5(1)6/h1-2,9-12H;1-4H. The van der Waals surface area contributed by atoms with E-state index in [0.29, 0.717) is 9.55 Å². The van der Waals surface area contributed by atoms with Crippen LogP contribution in [0.1, 0.15) is 0 Å². The van der Waals surface area contributed by atoms with Crippen LogP contribution in [0.3, 0.4) is 0 Å². The molecule has 22 heavy (non-hydrogen) atoms. The van der Waals surface area contributed by atoms with E-state index in [9.17, 15) is 0 Å². The summed E-state index contributed by atoms with van der Waals surface area (Å²) in [6.07, 6.45) is 0. The van der Waals surface area contributed by atoms with Gasteiger partial charge in [-0.2, -0.15) is 0 Å². The molecule has 0 saturated heterocycles. The zero-order chi connectivity index (χ0) is 15.7. The van der Waals surface area contributed by atoms with Crippen molar-refractivity contribution in [3.63, 3.8) is 0 Å². The molecule has 0 aromatic carbocycles. The maximum atomic E-state index is 8.89. The zero-order valence-corrected chi connectivity index (χ0v) is 14.3. The Hall–Kier alpha value is -0.710. The summed E-state index contributed by atoms with van der Waals surface area (Å²) < 4.78 is 5.42. The summed E-state index contributed by atoms with van der Waals surface area (Å²) >= 11 is 6.07. The molecule has 0 radical (unpaired) electrons. The van der Waals surface area contributed by atoms with Crippen molar-refractivity contribution in [2.75, 3.05) is 0 Å². The van der Waals surface area contributed by atoms with E-state index in [1.54, 1.807) is 34.8 Å². The van der Waals surface area contributed by atoms with Crippen LogP contribution >= 0.6 is 45.3 Å². The van der Waals surface area contributed by atoms with Crippen LogP contribution < -0.4 is 9.55 Å². The highest BCUT2D eigenvalue weighted by Gasteiger charge is 2.19. The van der Waals surface area contributed by atoms with Gasteiger partial charge < -0.3 is 20.1 Å². The fraction of sp³-hybridized carbons (Fsp3) is 0. The van der Waals surface area contributed by atoms with E-state index in [0.717, 1.165) is 9.40 Å². The second-order valence-electron chi connectivity index (χ2n) is 4.34. The van der Waals surface area contributed by atoms with Gasteiger partial charge in [-0.05, 0) is 35.0 Å². The van der Waals surface area contributed by atoms with Crippen LogP contribution in [0.15, 0.2) is 35.0 Å². The highest BCUT2D eigenvalue weighted by Crippen LogP contribution is 2.25. The van der Waals surface area contributed by atoms with E-state index in [1.807, 2.05) is 0 Å². The maximum absolute atomic E-state index is 8.89. The van der Waals surface area contributed by atoms with Crippen molar-refractivity contribution >= 4 is 87.9 Å². The second-order valence-corrected chi connectivity index (χ2v) is 8.47. The number of thiophene rings is 4. The molecule has 0 fully saturated rings.